The molecule has 0 atom stereocenters. The van der Waals surface area contributed by atoms with Crippen molar-refractivity contribution in [1.29, 1.82) is 0 Å². The number of carbonyl (C=O) groups excluding carboxylic acids is 2. The van der Waals surface area contributed by atoms with Crippen LogP contribution in [0.15, 0.2) is 0 Å². The minimum Gasteiger partial charge on any atom is -0.361 e. The van der Waals surface area contributed by atoms with Crippen molar-refractivity contribution in [2.75, 3.05) is 19.9 Å². The van der Waals surface area contributed by atoms with Gasteiger partial charge in [-0.2, -0.15) is 22.0 Å². The van der Waals surface area contributed by atoms with Gasteiger partial charge in [-0.05, 0) is 0 Å². The van der Waals surface area contributed by atoms with Gasteiger partial charge in [-0.1, -0.05) is 0 Å². The first-order chi connectivity index (χ1) is 8.56. The van der Waals surface area contributed by atoms with Gasteiger partial charge < -0.3 is 15.4 Å². The topological polar surface area (TPSA) is 67.4 Å². The summed E-state index contributed by atoms with van der Waals surface area (Å²) in [6, 6.07) is 0. The minimum absolute atomic E-state index is 0.179. The maximum Gasteiger partial charge on any atom is 0.455 e. The third-order valence-corrected chi connectivity index (χ3v) is 1.82. The molecule has 10 heteroatoms. The Morgan fingerprint density at radius 2 is 1.68 bits per heavy atom. The molecule has 0 spiro atoms. The fraction of sp³-hybridized carbons (Fsp3) is 0.778. The Morgan fingerprint density at radius 3 is 2.16 bits per heavy atom. The summed E-state index contributed by atoms with van der Waals surface area (Å²) >= 11 is 0. The molecular weight excluding hydrogens is 279 g/mol. The lowest BCUT2D eigenvalue weighted by Gasteiger charge is -2.19. The second-order valence-electron chi connectivity index (χ2n) is 3.51. The molecule has 0 fully saturated rings. The van der Waals surface area contributed by atoms with Crippen LogP contribution in [-0.4, -0.2) is 43.8 Å². The predicted octanol–water partition coefficient (Wildman–Crippen LogP) is 0.800. The predicted molar refractivity (Wildman–Crippen MR) is 53.3 cm³/mol. The quantitative estimate of drug-likeness (QED) is 0.414. The van der Waals surface area contributed by atoms with E-state index >= 15 is 0 Å². The fourth-order valence-electron chi connectivity index (χ4n) is 0.788. The summed E-state index contributed by atoms with van der Waals surface area (Å²) in [5, 5.41) is 3.69. The maximum atomic E-state index is 12.4. The fourth-order valence-corrected chi connectivity index (χ4v) is 0.788. The molecule has 0 saturated carbocycles. The largest absolute Gasteiger partial charge is 0.455 e. The van der Waals surface area contributed by atoms with Crippen molar-refractivity contribution in [1.82, 2.24) is 10.6 Å². The zero-order valence-electron chi connectivity index (χ0n) is 9.94. The van der Waals surface area contributed by atoms with E-state index in [1.165, 1.54) is 12.2 Å². The van der Waals surface area contributed by atoms with E-state index in [-0.39, 0.29) is 19.2 Å². The number of halogens is 5. The average Bonchev–Trinajstić information content (AvgIpc) is 2.24. The van der Waals surface area contributed by atoms with Crippen molar-refractivity contribution in [3.05, 3.63) is 0 Å². The normalized spacial score (nSPS) is 12.1. The summed E-state index contributed by atoms with van der Waals surface area (Å²) in [4.78, 5) is 21.3. The smallest absolute Gasteiger partial charge is 0.361 e. The van der Waals surface area contributed by atoms with Crippen LogP contribution in [0.4, 0.5) is 22.0 Å². The van der Waals surface area contributed by atoms with Gasteiger partial charge in [0, 0.05) is 6.92 Å². The molecule has 19 heavy (non-hydrogen) atoms. The van der Waals surface area contributed by atoms with Crippen LogP contribution < -0.4 is 10.6 Å². The second-order valence-corrected chi connectivity index (χ2v) is 3.51. The zero-order chi connectivity index (χ0) is 15.1. The minimum atomic E-state index is -5.71. The molecule has 0 heterocycles. The lowest BCUT2D eigenvalue weighted by molar-refractivity contribution is -0.278. The van der Waals surface area contributed by atoms with E-state index in [9.17, 15) is 31.5 Å². The summed E-state index contributed by atoms with van der Waals surface area (Å²) in [6.07, 6.45) is -6.10. The Labute approximate surface area is 105 Å². The summed E-state index contributed by atoms with van der Waals surface area (Å²) in [5.41, 5.74) is 0. The van der Waals surface area contributed by atoms with Crippen molar-refractivity contribution in [2.45, 2.75) is 25.4 Å². The highest BCUT2D eigenvalue weighted by Crippen LogP contribution is 2.34. The van der Waals surface area contributed by atoms with E-state index in [1.807, 2.05) is 0 Å². The molecule has 5 nitrogen and oxygen atoms in total. The first kappa shape index (κ1) is 17.6. The van der Waals surface area contributed by atoms with Gasteiger partial charge in [-0.3, -0.25) is 9.59 Å². The highest BCUT2D eigenvalue weighted by atomic mass is 19.4. The lowest BCUT2D eigenvalue weighted by atomic mass is 10.3. The SMILES string of the molecule is CC(=O)NCOCCC(=O)NCC(F)(F)C(F)(F)F. The molecule has 0 bridgehead atoms. The summed E-state index contributed by atoms with van der Waals surface area (Å²) in [5.74, 6) is -6.35. The number of amides is 2. The molecule has 0 saturated heterocycles. The van der Waals surface area contributed by atoms with Crippen LogP contribution in [0.1, 0.15) is 13.3 Å². The molecule has 0 rings (SSSR count). The van der Waals surface area contributed by atoms with E-state index in [2.05, 4.69) is 5.32 Å². The van der Waals surface area contributed by atoms with Crippen LogP contribution in [-0.2, 0) is 14.3 Å². The Bertz CT molecular complexity index is 319. The number of nitrogens with one attached hydrogen (secondary N) is 2. The molecule has 112 valence electrons. The molecule has 2 amide bonds. The number of alkyl halides is 5. The monoisotopic (exact) mass is 292 g/mol. The van der Waals surface area contributed by atoms with E-state index in [1.54, 1.807) is 0 Å². The Balaban J connectivity index is 3.79. The van der Waals surface area contributed by atoms with E-state index < -0.39 is 31.0 Å². The van der Waals surface area contributed by atoms with Gasteiger partial charge in [0.1, 0.15) is 6.73 Å². The molecule has 0 radical (unpaired) electrons. The first-order valence-corrected chi connectivity index (χ1v) is 5.09. The van der Waals surface area contributed by atoms with Gasteiger partial charge in [0.05, 0.1) is 19.6 Å². The zero-order valence-corrected chi connectivity index (χ0v) is 9.94. The summed E-state index contributed by atoms with van der Waals surface area (Å²) in [7, 11) is 0. The first-order valence-electron chi connectivity index (χ1n) is 5.09. The second kappa shape index (κ2) is 7.22. The average molecular weight is 292 g/mol. The highest BCUT2D eigenvalue weighted by molar-refractivity contribution is 5.76. The third-order valence-electron chi connectivity index (χ3n) is 1.82. The molecule has 0 aliphatic rings. The van der Waals surface area contributed by atoms with Crippen LogP contribution in [0.3, 0.4) is 0 Å². The van der Waals surface area contributed by atoms with Gasteiger partial charge in [-0.25, -0.2) is 0 Å². The van der Waals surface area contributed by atoms with Crippen molar-refractivity contribution >= 4 is 11.8 Å². The van der Waals surface area contributed by atoms with Gasteiger partial charge >= 0.3 is 12.1 Å². The molecule has 0 aromatic carbocycles. The molecule has 0 aromatic rings. The molecule has 0 aliphatic heterocycles. The van der Waals surface area contributed by atoms with E-state index in [0.29, 0.717) is 0 Å². The molecule has 2 N–H and O–H groups in total. The van der Waals surface area contributed by atoms with Gasteiger partial charge in [0.25, 0.3) is 0 Å². The van der Waals surface area contributed by atoms with Gasteiger partial charge in [-0.15, -0.1) is 0 Å². The third kappa shape index (κ3) is 7.54. The number of ether oxygens (including phenoxy) is 1. The van der Waals surface area contributed by atoms with Crippen molar-refractivity contribution in [3.63, 3.8) is 0 Å². The van der Waals surface area contributed by atoms with Crippen LogP contribution in [0.2, 0.25) is 0 Å². The van der Waals surface area contributed by atoms with Crippen LogP contribution in [0.5, 0.6) is 0 Å². The molecular formula is C9H13F5N2O3. The van der Waals surface area contributed by atoms with Crippen LogP contribution >= 0.6 is 0 Å². The van der Waals surface area contributed by atoms with Crippen molar-refractivity contribution in [3.8, 4) is 0 Å². The van der Waals surface area contributed by atoms with Crippen LogP contribution in [0, 0.1) is 0 Å². The van der Waals surface area contributed by atoms with Crippen molar-refractivity contribution in [2.24, 2.45) is 0 Å². The Hall–Kier alpha value is -1.45. The number of hydrogen-bond acceptors (Lipinski definition) is 3. The van der Waals surface area contributed by atoms with Crippen LogP contribution in [0.25, 0.3) is 0 Å². The summed E-state index contributed by atoms with van der Waals surface area (Å²) in [6.45, 7) is -0.985. The van der Waals surface area contributed by atoms with Gasteiger partial charge in [0.2, 0.25) is 11.8 Å². The molecule has 0 aliphatic carbocycles. The Kier molecular flexibility index (Phi) is 6.67. The van der Waals surface area contributed by atoms with E-state index in [4.69, 9.17) is 4.74 Å². The lowest BCUT2D eigenvalue weighted by Crippen LogP contribution is -2.46. The molecule has 0 unspecified atom stereocenters. The standard InChI is InChI=1S/C9H13F5N2O3/c1-6(17)16-5-19-3-2-7(18)15-4-8(10,11)9(12,13)14/h2-5H2,1H3,(H,15,18)(H,16,17). The van der Waals surface area contributed by atoms with E-state index in [0.717, 1.165) is 0 Å². The number of hydrogen-bond donors (Lipinski definition) is 2. The number of carbonyl (C=O) groups is 2. The maximum absolute atomic E-state index is 12.4. The highest BCUT2D eigenvalue weighted by Gasteiger charge is 2.57. The van der Waals surface area contributed by atoms with Gasteiger partial charge in [0.15, 0.2) is 0 Å². The molecule has 0 aromatic heterocycles. The van der Waals surface area contributed by atoms with Crippen molar-refractivity contribution < 1.29 is 36.3 Å². The summed E-state index contributed by atoms with van der Waals surface area (Å²) < 4.78 is 64.8. The number of rotatable bonds is 7. The Morgan fingerprint density at radius 1 is 1.11 bits per heavy atom.